The minimum atomic E-state index is -0.187. The molecule has 1 heterocycles. The van der Waals surface area contributed by atoms with Crippen molar-refractivity contribution in [2.45, 2.75) is 31.8 Å². The molecule has 1 aliphatic carbocycles. The summed E-state index contributed by atoms with van der Waals surface area (Å²) in [6.07, 6.45) is 6.50. The first-order chi connectivity index (χ1) is 14.1. The van der Waals surface area contributed by atoms with E-state index in [9.17, 15) is 4.79 Å². The molecule has 2 aromatic carbocycles. The van der Waals surface area contributed by atoms with Gasteiger partial charge in [0.05, 0.1) is 16.8 Å². The largest absolute Gasteiger partial charge is 0.322 e. The predicted octanol–water partition coefficient (Wildman–Crippen LogP) is 6.50. The van der Waals surface area contributed by atoms with Gasteiger partial charge in [-0.05, 0) is 66.3 Å². The van der Waals surface area contributed by atoms with Crippen molar-refractivity contribution in [1.82, 2.24) is 9.88 Å². The second-order valence-electron chi connectivity index (χ2n) is 7.14. The fourth-order valence-electron chi connectivity index (χ4n) is 3.84. The van der Waals surface area contributed by atoms with Crippen LogP contribution < -0.4 is 5.32 Å². The number of hydrogen-bond acceptors (Lipinski definition) is 2. The van der Waals surface area contributed by atoms with Gasteiger partial charge in [-0.1, -0.05) is 47.5 Å². The van der Waals surface area contributed by atoms with E-state index in [2.05, 4.69) is 28.5 Å². The minimum Gasteiger partial charge on any atom is -0.313 e. The van der Waals surface area contributed by atoms with Crippen molar-refractivity contribution >= 4 is 34.9 Å². The zero-order valence-electron chi connectivity index (χ0n) is 15.8. The van der Waals surface area contributed by atoms with Crippen LogP contribution in [0.4, 0.5) is 10.5 Å². The molecule has 0 fully saturated rings. The van der Waals surface area contributed by atoms with E-state index < -0.39 is 0 Å². The first-order valence-corrected chi connectivity index (χ1v) is 10.4. The lowest BCUT2D eigenvalue weighted by atomic mass is 9.86. The molecule has 2 amide bonds. The van der Waals surface area contributed by atoms with Crippen LogP contribution in [-0.4, -0.2) is 15.9 Å². The van der Waals surface area contributed by atoms with Gasteiger partial charge in [0.1, 0.15) is 0 Å². The topological polar surface area (TPSA) is 45.2 Å². The Hall–Kier alpha value is -2.56. The number of carbonyl (C=O) groups is 1. The van der Waals surface area contributed by atoms with Crippen LogP contribution in [0.15, 0.2) is 67.0 Å². The molecule has 0 bridgehead atoms. The summed E-state index contributed by atoms with van der Waals surface area (Å²) in [5.41, 5.74) is 4.09. The van der Waals surface area contributed by atoms with E-state index in [0.29, 0.717) is 22.3 Å². The summed E-state index contributed by atoms with van der Waals surface area (Å²) in [5.74, 6) is 0. The number of benzene rings is 2. The average Bonchev–Trinajstić information content (AvgIpc) is 2.74. The number of pyridine rings is 1. The highest BCUT2D eigenvalue weighted by molar-refractivity contribution is 6.36. The van der Waals surface area contributed by atoms with Crippen LogP contribution in [0.25, 0.3) is 0 Å². The molecular formula is C23H21Cl2N3O. The second kappa shape index (κ2) is 8.85. The summed E-state index contributed by atoms with van der Waals surface area (Å²) in [7, 11) is 0. The Morgan fingerprint density at radius 2 is 1.90 bits per heavy atom. The maximum absolute atomic E-state index is 13.4. The van der Waals surface area contributed by atoms with Crippen molar-refractivity contribution in [3.05, 3.63) is 93.7 Å². The van der Waals surface area contributed by atoms with Gasteiger partial charge in [-0.15, -0.1) is 0 Å². The number of carbonyl (C=O) groups excluding carboxylic acids is 1. The third-order valence-corrected chi connectivity index (χ3v) is 5.80. The fraction of sp³-hybridized carbons (Fsp3) is 0.217. The van der Waals surface area contributed by atoms with Crippen molar-refractivity contribution < 1.29 is 4.79 Å². The number of rotatable bonds is 4. The smallest absolute Gasteiger partial charge is 0.313 e. The minimum absolute atomic E-state index is 0.000749. The molecule has 3 aromatic rings. The van der Waals surface area contributed by atoms with Crippen LogP contribution in [0.3, 0.4) is 0 Å². The van der Waals surface area contributed by atoms with Crippen molar-refractivity contribution in [3.63, 3.8) is 0 Å². The number of amides is 2. The monoisotopic (exact) mass is 425 g/mol. The zero-order valence-corrected chi connectivity index (χ0v) is 17.3. The molecule has 148 valence electrons. The third-order valence-electron chi connectivity index (χ3n) is 5.25. The number of aromatic nitrogens is 1. The van der Waals surface area contributed by atoms with E-state index >= 15 is 0 Å². The number of fused-ring (bicyclic) bond motifs is 1. The quantitative estimate of drug-likeness (QED) is 0.518. The number of halogens is 2. The van der Waals surface area contributed by atoms with Gasteiger partial charge in [0.25, 0.3) is 0 Å². The summed E-state index contributed by atoms with van der Waals surface area (Å²) in [6.45, 7) is 0.485. The lowest BCUT2D eigenvalue weighted by Crippen LogP contribution is -2.39. The fourth-order valence-corrected chi connectivity index (χ4v) is 4.29. The number of aryl methyl sites for hydroxylation is 1. The van der Waals surface area contributed by atoms with E-state index in [-0.39, 0.29) is 12.1 Å². The summed E-state index contributed by atoms with van der Waals surface area (Å²) in [6, 6.07) is 17.1. The highest BCUT2D eigenvalue weighted by Gasteiger charge is 2.29. The zero-order chi connectivity index (χ0) is 20.2. The Morgan fingerprint density at radius 1 is 1.10 bits per heavy atom. The molecule has 1 aromatic heterocycles. The molecule has 0 radical (unpaired) electrons. The molecule has 4 rings (SSSR count). The molecule has 1 atom stereocenters. The Kier molecular flexibility index (Phi) is 6.02. The van der Waals surface area contributed by atoms with Gasteiger partial charge in [0, 0.05) is 24.0 Å². The highest BCUT2D eigenvalue weighted by atomic mass is 35.5. The molecule has 0 saturated carbocycles. The second-order valence-corrected chi connectivity index (χ2v) is 7.99. The van der Waals surface area contributed by atoms with Crippen LogP contribution >= 0.6 is 23.2 Å². The SMILES string of the molecule is O=C(Nc1ccc(Cl)cc1Cl)N(Cc1ccncc1)C1CCCc2ccccc21. The number of nitrogens with one attached hydrogen (secondary N) is 1. The lowest BCUT2D eigenvalue weighted by Gasteiger charge is -2.36. The summed E-state index contributed by atoms with van der Waals surface area (Å²) < 4.78 is 0. The van der Waals surface area contributed by atoms with Crippen LogP contribution in [0.5, 0.6) is 0 Å². The first kappa shape index (κ1) is 19.7. The van der Waals surface area contributed by atoms with Crippen molar-refractivity contribution in [3.8, 4) is 0 Å². The molecule has 0 saturated heterocycles. The van der Waals surface area contributed by atoms with Gasteiger partial charge in [0.2, 0.25) is 0 Å². The van der Waals surface area contributed by atoms with Gasteiger partial charge in [-0.25, -0.2) is 4.79 Å². The maximum Gasteiger partial charge on any atom is 0.322 e. The maximum atomic E-state index is 13.4. The molecule has 1 unspecified atom stereocenters. The Balaban J connectivity index is 1.66. The van der Waals surface area contributed by atoms with Gasteiger partial charge in [0.15, 0.2) is 0 Å². The Labute approximate surface area is 180 Å². The predicted molar refractivity (Wildman–Crippen MR) is 117 cm³/mol. The first-order valence-electron chi connectivity index (χ1n) is 9.61. The Morgan fingerprint density at radius 3 is 2.69 bits per heavy atom. The normalized spacial score (nSPS) is 15.4. The molecule has 29 heavy (non-hydrogen) atoms. The van der Waals surface area contributed by atoms with Gasteiger partial charge in [-0.2, -0.15) is 0 Å². The molecule has 1 aliphatic rings. The summed E-state index contributed by atoms with van der Waals surface area (Å²) in [5, 5.41) is 3.91. The third kappa shape index (κ3) is 4.55. The van der Waals surface area contributed by atoms with Crippen molar-refractivity contribution in [2.24, 2.45) is 0 Å². The van der Waals surface area contributed by atoms with E-state index in [1.54, 1.807) is 30.6 Å². The number of anilines is 1. The molecule has 0 spiro atoms. The van der Waals surface area contributed by atoms with Crippen molar-refractivity contribution in [2.75, 3.05) is 5.32 Å². The standard InChI is InChI=1S/C23H21Cl2N3O/c24-18-8-9-21(20(25)14-18)27-23(29)28(15-16-10-12-26-13-11-16)22-7-3-5-17-4-1-2-6-19(17)22/h1-2,4,6,8-14,22H,3,5,7,15H2,(H,27,29). The average molecular weight is 426 g/mol. The molecular weight excluding hydrogens is 405 g/mol. The highest BCUT2D eigenvalue weighted by Crippen LogP contribution is 2.36. The molecule has 1 N–H and O–H groups in total. The summed E-state index contributed by atoms with van der Waals surface area (Å²) in [4.78, 5) is 19.3. The van der Waals surface area contributed by atoms with E-state index in [0.717, 1.165) is 24.8 Å². The van der Waals surface area contributed by atoms with Gasteiger partial charge >= 0.3 is 6.03 Å². The molecule has 0 aliphatic heterocycles. The van der Waals surface area contributed by atoms with E-state index in [1.165, 1.54) is 11.1 Å². The van der Waals surface area contributed by atoms with Crippen LogP contribution in [0, 0.1) is 0 Å². The number of nitrogens with zero attached hydrogens (tertiary/aromatic N) is 2. The molecule has 6 heteroatoms. The van der Waals surface area contributed by atoms with Gasteiger partial charge in [-0.3, -0.25) is 4.98 Å². The summed E-state index contributed by atoms with van der Waals surface area (Å²) >= 11 is 12.3. The van der Waals surface area contributed by atoms with E-state index in [4.69, 9.17) is 23.2 Å². The van der Waals surface area contributed by atoms with Crippen LogP contribution in [0.1, 0.15) is 35.6 Å². The van der Waals surface area contributed by atoms with Gasteiger partial charge < -0.3 is 10.2 Å². The van der Waals surface area contributed by atoms with Crippen LogP contribution in [0.2, 0.25) is 10.0 Å². The van der Waals surface area contributed by atoms with Crippen LogP contribution in [-0.2, 0) is 13.0 Å². The number of hydrogen-bond donors (Lipinski definition) is 1. The lowest BCUT2D eigenvalue weighted by molar-refractivity contribution is 0.175. The van der Waals surface area contributed by atoms with E-state index in [1.807, 2.05) is 23.1 Å². The number of urea groups is 1. The Bertz CT molecular complexity index is 1010. The molecule has 4 nitrogen and oxygen atoms in total. The van der Waals surface area contributed by atoms with Crippen molar-refractivity contribution in [1.29, 1.82) is 0 Å².